The lowest BCUT2D eigenvalue weighted by molar-refractivity contribution is -0.161. The Morgan fingerprint density at radius 3 is 1.53 bits per heavy atom. The predicted molar refractivity (Wildman–Crippen MR) is 233 cm³/mol. The van der Waals surface area contributed by atoms with Crippen LogP contribution in [-0.2, 0) is 32.7 Å². The summed E-state index contributed by atoms with van der Waals surface area (Å²) in [6, 6.07) is 0. The second-order valence-electron chi connectivity index (χ2n) is 14.0. The molecule has 0 amide bonds. The van der Waals surface area contributed by atoms with Gasteiger partial charge >= 0.3 is 19.8 Å². The molecular weight excluding hydrogens is 743 g/mol. The number of phosphoric ester groups is 1. The molecule has 0 bridgehead atoms. The summed E-state index contributed by atoms with van der Waals surface area (Å²) in [6.45, 7) is 2.14. The summed E-state index contributed by atoms with van der Waals surface area (Å²) in [5.74, 6) is -1.04. The van der Waals surface area contributed by atoms with Gasteiger partial charge < -0.3 is 24.6 Å². The minimum absolute atomic E-state index is 0.0540. The van der Waals surface area contributed by atoms with Crippen molar-refractivity contribution in [1.29, 1.82) is 0 Å². The summed E-state index contributed by atoms with van der Waals surface area (Å²) >= 11 is 0. The predicted octanol–water partition coefficient (Wildman–Crippen LogP) is 11.4. The van der Waals surface area contributed by atoms with Crippen molar-refractivity contribution in [1.82, 2.24) is 0 Å². The highest BCUT2D eigenvalue weighted by molar-refractivity contribution is 7.47. The van der Waals surface area contributed by atoms with Gasteiger partial charge in [-0.05, 0) is 77.0 Å². The van der Waals surface area contributed by atoms with Crippen molar-refractivity contribution in [3.63, 3.8) is 0 Å². The largest absolute Gasteiger partial charge is 0.472 e. The standard InChI is InChI=1S/C46H77O10P/c1-3-5-7-9-11-13-15-17-19-20-21-22-24-26-28-30-32-34-36-38-46(50)56-44(42-55-57(51,52)54-40-43(48)39-47)41-53-45(49)37-35-33-31-29-27-25-23-18-16-14-12-10-8-6-4-2/h5,7,11,13-14,16-17,19,21-22,26,28,32,34,43-44,47-48H,3-4,6,8-10,12,15,18,20,23-25,27,29-31,33,35-42H2,1-2H3,(H,51,52)/b7-5+,13-11+,16-14+,19-17+,22-21+,28-26+,34-32+/t43-,44+/m0/s1. The highest BCUT2D eigenvalue weighted by Gasteiger charge is 2.27. The summed E-state index contributed by atoms with van der Waals surface area (Å²) in [5, 5.41) is 18.3. The molecule has 0 spiro atoms. The number of hydrogen-bond donors (Lipinski definition) is 3. The molecular formula is C46H77O10P. The Labute approximate surface area is 345 Å². The fourth-order valence-electron chi connectivity index (χ4n) is 5.25. The molecule has 1 unspecified atom stereocenters. The van der Waals surface area contributed by atoms with Gasteiger partial charge in [0.25, 0.3) is 0 Å². The highest BCUT2D eigenvalue weighted by atomic mass is 31.2. The van der Waals surface area contributed by atoms with E-state index in [0.29, 0.717) is 12.8 Å². The lowest BCUT2D eigenvalue weighted by Crippen LogP contribution is -2.29. The van der Waals surface area contributed by atoms with E-state index in [-0.39, 0.29) is 19.4 Å². The number of allylic oxidation sites excluding steroid dienone is 14. The molecule has 0 aliphatic carbocycles. The molecule has 0 fully saturated rings. The van der Waals surface area contributed by atoms with Crippen LogP contribution in [0.15, 0.2) is 85.1 Å². The van der Waals surface area contributed by atoms with Crippen LogP contribution in [0.3, 0.4) is 0 Å². The number of aliphatic hydroxyl groups is 2. The third-order valence-electron chi connectivity index (χ3n) is 8.55. The van der Waals surface area contributed by atoms with Crippen LogP contribution in [0.25, 0.3) is 0 Å². The Bertz CT molecular complexity index is 1220. The molecule has 3 N–H and O–H groups in total. The Kier molecular flexibility index (Phi) is 39.2. The van der Waals surface area contributed by atoms with Crippen LogP contribution in [-0.4, -0.2) is 65.7 Å². The minimum Gasteiger partial charge on any atom is -0.462 e. The first-order chi connectivity index (χ1) is 27.7. The van der Waals surface area contributed by atoms with Crippen LogP contribution in [0.4, 0.5) is 0 Å². The number of hydrogen-bond acceptors (Lipinski definition) is 9. The molecule has 0 aromatic rings. The summed E-state index contributed by atoms with van der Waals surface area (Å²) in [6.07, 6.45) is 48.5. The van der Waals surface area contributed by atoms with Crippen molar-refractivity contribution in [3.05, 3.63) is 85.1 Å². The first-order valence-corrected chi connectivity index (χ1v) is 23.0. The van der Waals surface area contributed by atoms with Gasteiger partial charge in [-0.3, -0.25) is 18.6 Å². The first-order valence-electron chi connectivity index (χ1n) is 21.5. The fourth-order valence-corrected chi connectivity index (χ4v) is 6.04. The molecule has 0 aromatic heterocycles. The van der Waals surface area contributed by atoms with Gasteiger partial charge in [0.2, 0.25) is 0 Å². The quantitative estimate of drug-likeness (QED) is 0.0237. The number of unbranched alkanes of at least 4 members (excludes halogenated alkanes) is 11. The van der Waals surface area contributed by atoms with E-state index in [0.717, 1.165) is 64.2 Å². The van der Waals surface area contributed by atoms with Crippen LogP contribution < -0.4 is 0 Å². The molecule has 10 nitrogen and oxygen atoms in total. The molecule has 0 heterocycles. The molecule has 0 radical (unpaired) electrons. The first kappa shape index (κ1) is 54.2. The Morgan fingerprint density at radius 1 is 0.544 bits per heavy atom. The van der Waals surface area contributed by atoms with E-state index in [9.17, 15) is 24.2 Å². The minimum atomic E-state index is -4.64. The fraction of sp³-hybridized carbons (Fsp3) is 0.652. The van der Waals surface area contributed by atoms with E-state index in [1.165, 1.54) is 51.4 Å². The van der Waals surface area contributed by atoms with E-state index < -0.39 is 51.8 Å². The molecule has 3 atom stereocenters. The van der Waals surface area contributed by atoms with Crippen molar-refractivity contribution in [2.24, 2.45) is 0 Å². The topological polar surface area (TPSA) is 149 Å². The van der Waals surface area contributed by atoms with Gasteiger partial charge in [0.15, 0.2) is 6.10 Å². The van der Waals surface area contributed by atoms with Gasteiger partial charge in [-0.2, -0.15) is 0 Å². The number of aliphatic hydroxyl groups excluding tert-OH is 2. The van der Waals surface area contributed by atoms with Gasteiger partial charge in [-0.25, -0.2) is 4.57 Å². The third kappa shape index (κ3) is 41.1. The second kappa shape index (κ2) is 41.3. The van der Waals surface area contributed by atoms with Crippen molar-refractivity contribution in [2.75, 3.05) is 26.4 Å². The summed E-state index contributed by atoms with van der Waals surface area (Å²) < 4.78 is 32.6. The van der Waals surface area contributed by atoms with Gasteiger partial charge in [0, 0.05) is 12.8 Å². The summed E-state index contributed by atoms with van der Waals surface area (Å²) in [5.41, 5.74) is 0. The van der Waals surface area contributed by atoms with Crippen LogP contribution in [0, 0.1) is 0 Å². The molecule has 0 rings (SSSR count). The van der Waals surface area contributed by atoms with Gasteiger partial charge in [0.05, 0.1) is 19.8 Å². The maximum absolute atomic E-state index is 12.6. The third-order valence-corrected chi connectivity index (χ3v) is 9.50. The monoisotopic (exact) mass is 821 g/mol. The zero-order valence-corrected chi connectivity index (χ0v) is 36.2. The van der Waals surface area contributed by atoms with E-state index >= 15 is 0 Å². The van der Waals surface area contributed by atoms with E-state index in [4.69, 9.17) is 19.1 Å². The normalized spacial score (nSPS) is 14.7. The Morgan fingerprint density at radius 2 is 1.00 bits per heavy atom. The SMILES string of the molecule is CC/C=C/C/C=C/C/C=C/C/C=C/C/C=C/C/C=C/CCC(=O)O[C@H](COC(=O)CCCCCCCCC/C=C/CCCCCC)COP(=O)(O)OC[C@@H](O)CO. The molecule has 0 saturated carbocycles. The number of phosphoric acid groups is 1. The molecule has 0 aromatic carbocycles. The maximum atomic E-state index is 12.6. The van der Waals surface area contributed by atoms with Crippen LogP contribution in [0.5, 0.6) is 0 Å². The molecule has 0 aliphatic rings. The van der Waals surface area contributed by atoms with Gasteiger partial charge in [0.1, 0.15) is 12.7 Å². The summed E-state index contributed by atoms with van der Waals surface area (Å²) in [7, 11) is -4.64. The zero-order valence-electron chi connectivity index (χ0n) is 35.3. The van der Waals surface area contributed by atoms with Crippen molar-refractivity contribution >= 4 is 19.8 Å². The lowest BCUT2D eigenvalue weighted by Gasteiger charge is -2.20. The van der Waals surface area contributed by atoms with Crippen molar-refractivity contribution in [3.8, 4) is 0 Å². The number of ether oxygens (including phenoxy) is 2. The van der Waals surface area contributed by atoms with Gasteiger partial charge in [-0.1, -0.05) is 150 Å². The van der Waals surface area contributed by atoms with Crippen LogP contribution in [0.1, 0.15) is 155 Å². The number of carbonyl (C=O) groups is 2. The van der Waals surface area contributed by atoms with Crippen molar-refractivity contribution in [2.45, 2.75) is 167 Å². The average Bonchev–Trinajstić information content (AvgIpc) is 3.20. The molecule has 11 heteroatoms. The number of esters is 2. The summed E-state index contributed by atoms with van der Waals surface area (Å²) in [4.78, 5) is 34.9. The van der Waals surface area contributed by atoms with E-state index in [2.05, 4.69) is 91.3 Å². The second-order valence-corrected chi connectivity index (χ2v) is 15.4. The van der Waals surface area contributed by atoms with Crippen LogP contribution >= 0.6 is 7.82 Å². The molecule has 326 valence electrons. The van der Waals surface area contributed by atoms with E-state index in [1.54, 1.807) is 0 Å². The zero-order chi connectivity index (χ0) is 41.9. The Balaban J connectivity index is 4.46. The smallest absolute Gasteiger partial charge is 0.462 e. The lowest BCUT2D eigenvalue weighted by atomic mass is 10.1. The maximum Gasteiger partial charge on any atom is 0.472 e. The van der Waals surface area contributed by atoms with Crippen LogP contribution in [0.2, 0.25) is 0 Å². The molecule has 0 saturated heterocycles. The van der Waals surface area contributed by atoms with Crippen molar-refractivity contribution < 1.29 is 47.8 Å². The molecule has 57 heavy (non-hydrogen) atoms. The highest BCUT2D eigenvalue weighted by Crippen LogP contribution is 2.43. The Hall–Kier alpha value is -2.85. The number of rotatable bonds is 39. The number of carbonyl (C=O) groups excluding carboxylic acids is 2. The average molecular weight is 821 g/mol. The van der Waals surface area contributed by atoms with E-state index in [1.807, 2.05) is 12.2 Å². The van der Waals surface area contributed by atoms with Gasteiger partial charge in [-0.15, -0.1) is 0 Å². The molecule has 0 aliphatic heterocycles.